The minimum absolute atomic E-state index is 0.152. The van der Waals surface area contributed by atoms with Gasteiger partial charge in [0.15, 0.2) is 6.10 Å². The lowest BCUT2D eigenvalue weighted by Gasteiger charge is -2.15. The van der Waals surface area contributed by atoms with Crippen molar-refractivity contribution in [2.45, 2.75) is 38.0 Å². The number of hydrogen-bond acceptors (Lipinski definition) is 4. The van der Waals surface area contributed by atoms with Crippen LogP contribution in [0.2, 0.25) is 0 Å². The van der Waals surface area contributed by atoms with Gasteiger partial charge in [0.2, 0.25) is 5.91 Å². The van der Waals surface area contributed by atoms with Gasteiger partial charge in [-0.15, -0.1) is 0 Å². The molecule has 1 rings (SSSR count). The Kier molecular flexibility index (Phi) is 4.05. The van der Waals surface area contributed by atoms with Crippen molar-refractivity contribution in [3.05, 3.63) is 0 Å². The minimum Gasteiger partial charge on any atom is -0.479 e. The van der Waals surface area contributed by atoms with E-state index in [-0.39, 0.29) is 18.6 Å². The second kappa shape index (κ2) is 5.09. The molecule has 6 heteroatoms. The Morgan fingerprint density at radius 2 is 2.07 bits per heavy atom. The van der Waals surface area contributed by atoms with E-state index in [0.717, 1.165) is 0 Å². The third-order valence-corrected chi connectivity index (χ3v) is 2.25. The molecule has 86 valence electrons. The van der Waals surface area contributed by atoms with Crippen molar-refractivity contribution in [3.63, 3.8) is 0 Å². The topological polar surface area (TPSA) is 95.9 Å². The zero-order valence-corrected chi connectivity index (χ0v) is 8.47. The highest BCUT2D eigenvalue weighted by atomic mass is 16.5. The average molecular weight is 217 g/mol. The molecule has 1 aliphatic heterocycles. The van der Waals surface area contributed by atoms with Crippen LogP contribution in [0.4, 0.5) is 0 Å². The molecule has 6 nitrogen and oxygen atoms in total. The largest absolute Gasteiger partial charge is 0.479 e. The number of amides is 1. The number of nitrogens with one attached hydrogen (secondary N) is 1. The standard InChI is InChI=1S/C9H15NO5/c1-5(4-11)10-8(12)6-2-3-7(15-6)9(13)14/h5-7,11H,2-4H2,1H3,(H,10,12)(H,13,14)/t5-,6?,7?/m1/s1. The van der Waals surface area contributed by atoms with Gasteiger partial charge in [-0.25, -0.2) is 4.79 Å². The second-order valence-electron chi connectivity index (χ2n) is 3.62. The quantitative estimate of drug-likeness (QED) is 0.568. The van der Waals surface area contributed by atoms with E-state index < -0.39 is 18.2 Å². The van der Waals surface area contributed by atoms with Gasteiger partial charge in [-0.05, 0) is 19.8 Å². The highest BCUT2D eigenvalue weighted by Gasteiger charge is 2.34. The monoisotopic (exact) mass is 217 g/mol. The molecule has 0 spiro atoms. The highest BCUT2D eigenvalue weighted by molar-refractivity contribution is 5.82. The number of aliphatic carboxylic acids is 1. The summed E-state index contributed by atoms with van der Waals surface area (Å²) in [5, 5.41) is 19.9. The molecule has 0 saturated carbocycles. The fourth-order valence-electron chi connectivity index (χ4n) is 1.39. The molecule has 1 saturated heterocycles. The van der Waals surface area contributed by atoms with Crippen LogP contribution in [-0.2, 0) is 14.3 Å². The van der Waals surface area contributed by atoms with Crippen molar-refractivity contribution in [2.24, 2.45) is 0 Å². The summed E-state index contributed by atoms with van der Waals surface area (Å²) in [6.45, 7) is 1.50. The molecular formula is C9H15NO5. The molecule has 0 radical (unpaired) electrons. The first-order chi connectivity index (χ1) is 7.04. The fraction of sp³-hybridized carbons (Fsp3) is 0.778. The first-order valence-electron chi connectivity index (χ1n) is 4.84. The van der Waals surface area contributed by atoms with Gasteiger partial charge < -0.3 is 20.3 Å². The Bertz CT molecular complexity index is 255. The molecule has 1 amide bonds. The lowest BCUT2D eigenvalue weighted by molar-refractivity contribution is -0.151. The molecule has 0 aromatic rings. The van der Waals surface area contributed by atoms with Crippen molar-refractivity contribution >= 4 is 11.9 Å². The van der Waals surface area contributed by atoms with Gasteiger partial charge in [0, 0.05) is 6.04 Å². The molecule has 1 heterocycles. The molecule has 15 heavy (non-hydrogen) atoms. The van der Waals surface area contributed by atoms with Gasteiger partial charge in [0.05, 0.1) is 6.61 Å². The molecule has 3 N–H and O–H groups in total. The maximum Gasteiger partial charge on any atom is 0.332 e. The summed E-state index contributed by atoms with van der Waals surface area (Å²) in [6, 6.07) is -0.343. The Labute approximate surface area is 87.2 Å². The van der Waals surface area contributed by atoms with Crippen LogP contribution in [0, 0.1) is 0 Å². The fourth-order valence-corrected chi connectivity index (χ4v) is 1.39. The number of aliphatic hydroxyl groups is 1. The zero-order chi connectivity index (χ0) is 11.4. The lowest BCUT2D eigenvalue weighted by atomic mass is 10.2. The van der Waals surface area contributed by atoms with Crippen molar-refractivity contribution < 1.29 is 24.5 Å². The second-order valence-corrected chi connectivity index (χ2v) is 3.62. The van der Waals surface area contributed by atoms with Gasteiger partial charge in [-0.3, -0.25) is 4.79 Å². The van der Waals surface area contributed by atoms with Gasteiger partial charge >= 0.3 is 5.97 Å². The summed E-state index contributed by atoms with van der Waals surface area (Å²) in [5.74, 6) is -1.40. The summed E-state index contributed by atoms with van der Waals surface area (Å²) in [6.07, 6.45) is -0.840. The summed E-state index contributed by atoms with van der Waals surface area (Å²) in [5.41, 5.74) is 0. The number of carboxylic acids is 1. The normalized spacial score (nSPS) is 27.3. The van der Waals surface area contributed by atoms with Gasteiger partial charge in [-0.1, -0.05) is 0 Å². The molecule has 1 fully saturated rings. The molecule has 0 bridgehead atoms. The number of aliphatic hydroxyl groups excluding tert-OH is 1. The van der Waals surface area contributed by atoms with Gasteiger partial charge in [-0.2, -0.15) is 0 Å². The van der Waals surface area contributed by atoms with Gasteiger partial charge in [0.1, 0.15) is 6.10 Å². The number of carboxylic acid groups (broad SMARTS) is 1. The van der Waals surface area contributed by atoms with E-state index in [2.05, 4.69) is 5.32 Å². The number of rotatable bonds is 4. The van der Waals surface area contributed by atoms with Crippen LogP contribution in [0.25, 0.3) is 0 Å². The summed E-state index contributed by atoms with van der Waals surface area (Å²) >= 11 is 0. The Hall–Kier alpha value is -1.14. The number of hydrogen-bond donors (Lipinski definition) is 3. The van der Waals surface area contributed by atoms with Crippen molar-refractivity contribution in [1.82, 2.24) is 5.32 Å². The van der Waals surface area contributed by atoms with Crippen LogP contribution in [-0.4, -0.2) is 46.9 Å². The summed E-state index contributed by atoms with van der Waals surface area (Å²) in [7, 11) is 0. The zero-order valence-electron chi connectivity index (χ0n) is 8.47. The lowest BCUT2D eigenvalue weighted by Crippen LogP contribution is -2.42. The van der Waals surface area contributed by atoms with E-state index in [4.69, 9.17) is 14.9 Å². The van der Waals surface area contributed by atoms with Crippen LogP contribution >= 0.6 is 0 Å². The average Bonchev–Trinajstić information content (AvgIpc) is 2.66. The molecule has 2 unspecified atom stereocenters. The predicted octanol–water partition coefficient (Wildman–Crippen LogP) is -0.884. The Balaban J connectivity index is 2.40. The molecular weight excluding hydrogens is 202 g/mol. The maximum absolute atomic E-state index is 11.4. The first-order valence-corrected chi connectivity index (χ1v) is 4.84. The third kappa shape index (κ3) is 3.17. The summed E-state index contributed by atoms with van der Waals surface area (Å²) in [4.78, 5) is 22.0. The predicted molar refractivity (Wildman–Crippen MR) is 50.2 cm³/mol. The number of carbonyl (C=O) groups excluding carboxylic acids is 1. The van der Waals surface area contributed by atoms with Gasteiger partial charge in [0.25, 0.3) is 0 Å². The van der Waals surface area contributed by atoms with Crippen molar-refractivity contribution in [3.8, 4) is 0 Å². The molecule has 0 aromatic heterocycles. The van der Waals surface area contributed by atoms with Crippen LogP contribution in [0.5, 0.6) is 0 Å². The first kappa shape index (κ1) is 11.9. The minimum atomic E-state index is -1.04. The highest BCUT2D eigenvalue weighted by Crippen LogP contribution is 2.19. The third-order valence-electron chi connectivity index (χ3n) is 2.25. The van der Waals surface area contributed by atoms with E-state index in [1.165, 1.54) is 0 Å². The number of ether oxygens (including phenoxy) is 1. The summed E-state index contributed by atoms with van der Waals surface area (Å²) < 4.78 is 5.04. The molecule has 3 atom stereocenters. The van der Waals surface area contributed by atoms with Crippen LogP contribution in [0.15, 0.2) is 0 Å². The SMILES string of the molecule is C[C@H](CO)NC(=O)C1CCC(C(=O)O)O1. The van der Waals surface area contributed by atoms with Crippen LogP contribution in [0.1, 0.15) is 19.8 Å². The van der Waals surface area contributed by atoms with E-state index in [1.54, 1.807) is 6.92 Å². The molecule has 1 aliphatic rings. The van der Waals surface area contributed by atoms with E-state index in [1.807, 2.05) is 0 Å². The molecule has 0 aromatic carbocycles. The van der Waals surface area contributed by atoms with E-state index in [9.17, 15) is 9.59 Å². The van der Waals surface area contributed by atoms with Crippen molar-refractivity contribution in [1.29, 1.82) is 0 Å². The Morgan fingerprint density at radius 3 is 2.53 bits per heavy atom. The molecule has 0 aliphatic carbocycles. The maximum atomic E-state index is 11.4. The Morgan fingerprint density at radius 1 is 1.47 bits per heavy atom. The van der Waals surface area contributed by atoms with Crippen LogP contribution in [0.3, 0.4) is 0 Å². The van der Waals surface area contributed by atoms with E-state index >= 15 is 0 Å². The van der Waals surface area contributed by atoms with E-state index in [0.29, 0.717) is 12.8 Å². The van der Waals surface area contributed by atoms with Crippen molar-refractivity contribution in [2.75, 3.05) is 6.61 Å². The van der Waals surface area contributed by atoms with Crippen LogP contribution < -0.4 is 5.32 Å². The smallest absolute Gasteiger partial charge is 0.332 e. The number of carbonyl (C=O) groups is 2.